The van der Waals surface area contributed by atoms with Crippen LogP contribution in [0.5, 0.6) is 0 Å². The average molecular weight is 652 g/mol. The number of esters is 1. The van der Waals surface area contributed by atoms with Crippen molar-refractivity contribution >= 4 is 46.4 Å². The summed E-state index contributed by atoms with van der Waals surface area (Å²) < 4.78 is 31.5. The van der Waals surface area contributed by atoms with Gasteiger partial charge in [0.2, 0.25) is 0 Å². The molecule has 1 spiro atoms. The first-order valence-electron chi connectivity index (χ1n) is 16.0. The van der Waals surface area contributed by atoms with Crippen LogP contribution in [0.1, 0.15) is 65.1 Å². The highest BCUT2D eigenvalue weighted by Crippen LogP contribution is 2.36. The number of nitrogens with zero attached hydrogens (tertiary/aromatic N) is 3. The fourth-order valence-electron chi connectivity index (χ4n) is 5.70. The number of nitrogens with one attached hydrogen (secondary N) is 2. The Hall–Kier alpha value is -4.07. The molecule has 0 saturated carbocycles. The summed E-state index contributed by atoms with van der Waals surface area (Å²) in [6.45, 7) is 7.31. The van der Waals surface area contributed by atoms with Crippen molar-refractivity contribution in [3.05, 3.63) is 47.7 Å². The number of benzene rings is 1. The zero-order valence-electron chi connectivity index (χ0n) is 27.4. The topological polar surface area (TPSA) is 149 Å². The average Bonchev–Trinajstić information content (AvgIpc) is 3.08. The number of carbonyl (C=O) groups is 4. The summed E-state index contributed by atoms with van der Waals surface area (Å²) >= 11 is 0. The number of hydrazine groups is 1. The smallest absolute Gasteiger partial charge is 0.321 e. The van der Waals surface area contributed by atoms with Crippen LogP contribution in [0.4, 0.5) is 4.39 Å². The minimum atomic E-state index is -1.51. The van der Waals surface area contributed by atoms with E-state index in [1.165, 1.54) is 11.9 Å². The number of hydrogen-bond donors (Lipinski definition) is 2. The molecule has 3 aliphatic heterocycles. The monoisotopic (exact) mass is 651 g/mol. The summed E-state index contributed by atoms with van der Waals surface area (Å²) in [6, 6.07) is 7.48. The zero-order valence-corrected chi connectivity index (χ0v) is 27.4. The number of aromatic nitrogens is 1. The maximum absolute atomic E-state index is 14.0. The molecule has 47 heavy (non-hydrogen) atoms. The van der Waals surface area contributed by atoms with E-state index in [-0.39, 0.29) is 19.6 Å². The highest BCUT2D eigenvalue weighted by Gasteiger charge is 2.49. The molecule has 3 amide bonds. The molecule has 2 N–H and O–H groups in total. The van der Waals surface area contributed by atoms with Gasteiger partial charge in [0.1, 0.15) is 24.2 Å². The van der Waals surface area contributed by atoms with E-state index in [0.29, 0.717) is 41.9 Å². The lowest BCUT2D eigenvalue weighted by Crippen LogP contribution is -2.60. The number of alkyl halides is 1. The van der Waals surface area contributed by atoms with Crippen LogP contribution < -0.4 is 10.7 Å². The third-order valence-electron chi connectivity index (χ3n) is 8.87. The molecule has 4 heterocycles. The van der Waals surface area contributed by atoms with Gasteiger partial charge in [-0.15, -0.1) is 0 Å². The van der Waals surface area contributed by atoms with Crippen LogP contribution in [0.25, 0.3) is 17.0 Å². The number of pyridine rings is 1. The molecule has 12 nitrogen and oxygen atoms in total. The highest BCUT2D eigenvalue weighted by molar-refractivity contribution is 6.06. The molecule has 0 aliphatic carbocycles. The van der Waals surface area contributed by atoms with Crippen molar-refractivity contribution < 1.29 is 37.8 Å². The van der Waals surface area contributed by atoms with E-state index in [1.54, 1.807) is 45.9 Å². The number of carbonyl (C=O) groups excluding carboxylic acids is 4. The second kappa shape index (κ2) is 14.0. The molecule has 5 bridgehead atoms. The normalized spacial score (nSPS) is 31.4. The zero-order chi connectivity index (χ0) is 33.9. The van der Waals surface area contributed by atoms with E-state index in [0.717, 1.165) is 5.39 Å². The van der Waals surface area contributed by atoms with Gasteiger partial charge in [0.15, 0.2) is 11.9 Å². The number of ether oxygens (including phenoxy) is 3. The first kappa shape index (κ1) is 34.3. The molecule has 0 unspecified atom stereocenters. The molecule has 1 aromatic heterocycles. The first-order chi connectivity index (χ1) is 22.4. The summed E-state index contributed by atoms with van der Waals surface area (Å²) in [5, 5.41) is 4.83. The van der Waals surface area contributed by atoms with Gasteiger partial charge in [0, 0.05) is 18.4 Å². The van der Waals surface area contributed by atoms with Crippen molar-refractivity contribution in [2.24, 2.45) is 16.3 Å². The largest absolute Gasteiger partial charge is 0.451 e. The van der Waals surface area contributed by atoms with E-state index in [9.17, 15) is 23.6 Å². The molecule has 1 aromatic carbocycles. The summed E-state index contributed by atoms with van der Waals surface area (Å²) in [4.78, 5) is 63.0. The highest BCUT2D eigenvalue weighted by atomic mass is 19.1. The Balaban J connectivity index is 1.57. The van der Waals surface area contributed by atoms with Crippen molar-refractivity contribution in [1.29, 1.82) is 0 Å². The van der Waals surface area contributed by atoms with Crippen LogP contribution >= 0.6 is 0 Å². The predicted octanol–water partition coefficient (Wildman–Crippen LogP) is 3.27. The third-order valence-corrected chi connectivity index (χ3v) is 8.87. The number of fused-ring (bicyclic) bond motifs is 4. The van der Waals surface area contributed by atoms with Crippen molar-refractivity contribution in [1.82, 2.24) is 20.7 Å². The molecule has 2 saturated heterocycles. The Kier molecular flexibility index (Phi) is 10.2. The molecule has 252 valence electrons. The first-order valence-corrected chi connectivity index (χ1v) is 16.0. The summed E-state index contributed by atoms with van der Waals surface area (Å²) in [5.41, 5.74) is 3.70. The lowest BCUT2D eigenvalue weighted by molar-refractivity contribution is -0.301. The van der Waals surface area contributed by atoms with Crippen LogP contribution in [0.15, 0.2) is 41.4 Å². The van der Waals surface area contributed by atoms with Crippen molar-refractivity contribution in [3.8, 4) is 0 Å². The quantitative estimate of drug-likeness (QED) is 0.477. The molecule has 0 radical (unpaired) electrons. The van der Waals surface area contributed by atoms with Crippen molar-refractivity contribution in [2.45, 2.75) is 77.9 Å². The van der Waals surface area contributed by atoms with Crippen LogP contribution in [-0.4, -0.2) is 89.8 Å². The Bertz CT molecular complexity index is 1590. The Morgan fingerprint density at radius 1 is 1.11 bits per heavy atom. The van der Waals surface area contributed by atoms with Gasteiger partial charge in [-0.2, -0.15) is 0 Å². The number of rotatable bonds is 3. The van der Waals surface area contributed by atoms with Gasteiger partial charge in [-0.25, -0.2) is 19.8 Å². The molecular weight excluding hydrogens is 609 g/mol. The maximum Gasteiger partial charge on any atom is 0.321 e. The molecule has 2 fully saturated rings. The fraction of sp³-hybridized carbons (Fsp3) is 0.529. The Morgan fingerprint density at radius 3 is 2.51 bits per heavy atom. The van der Waals surface area contributed by atoms with E-state index in [1.807, 2.05) is 24.3 Å². The minimum Gasteiger partial charge on any atom is -0.451 e. The number of aliphatic imine (C=N–C) groups is 1. The van der Waals surface area contributed by atoms with Gasteiger partial charge < -0.3 is 19.5 Å². The standard InChI is InChI=1S/C34H42FN5O7/c1-6-34(17-35)45-18-33(19-46-34)14-13-23-9-10-24-11-12-25(38-27(24)16-23)21(4)36-29(41)26-8-7-15-40(39-26)31(43)22(5)37-30(42)28(20(2)3)47-32(33)44/h9-14,16,20,22,26,28,39H,6-8,15,17-19H2,1-5H3,(H,37,42)/b14-13+,36-21+/t22-,26-,28-,33?,34?/m0/s1. The molecular formula is C34H42FN5O7. The predicted molar refractivity (Wildman–Crippen MR) is 172 cm³/mol. The van der Waals surface area contributed by atoms with Gasteiger partial charge >= 0.3 is 5.97 Å². The van der Waals surface area contributed by atoms with E-state index in [2.05, 4.69) is 15.7 Å². The molecule has 13 heteroatoms. The minimum absolute atomic E-state index is 0.223. The summed E-state index contributed by atoms with van der Waals surface area (Å²) in [7, 11) is 0. The van der Waals surface area contributed by atoms with E-state index >= 15 is 0 Å². The van der Waals surface area contributed by atoms with Crippen molar-refractivity contribution in [3.63, 3.8) is 0 Å². The summed E-state index contributed by atoms with van der Waals surface area (Å²) in [5.74, 6) is -4.30. The van der Waals surface area contributed by atoms with E-state index in [4.69, 9.17) is 19.2 Å². The SMILES string of the molecule is CCC1(CF)OCC2(/C=C/c3ccc4ccc(nc4c3)/C(C)=N/C(=O)[C@@H]3CCCN(N3)C(=O)[C@H](C)NC(=O)[C@H](C(C)C)OC2=O)CO1. The van der Waals surface area contributed by atoms with Crippen LogP contribution in [0.3, 0.4) is 0 Å². The van der Waals surface area contributed by atoms with E-state index < -0.39 is 65.7 Å². The van der Waals surface area contributed by atoms with Gasteiger partial charge in [-0.05, 0) is 50.3 Å². The molecule has 3 aliphatic rings. The maximum atomic E-state index is 14.0. The van der Waals surface area contributed by atoms with Gasteiger partial charge in [0.05, 0.1) is 30.1 Å². The number of hydrogen-bond acceptors (Lipinski definition) is 9. The third kappa shape index (κ3) is 7.26. The molecule has 3 atom stereocenters. The summed E-state index contributed by atoms with van der Waals surface area (Å²) in [6.07, 6.45) is 3.28. The van der Waals surface area contributed by atoms with Crippen molar-refractivity contribution in [2.75, 3.05) is 26.4 Å². The molecule has 5 rings (SSSR count). The van der Waals surface area contributed by atoms with Gasteiger partial charge in [0.25, 0.3) is 17.7 Å². The Labute approximate surface area is 273 Å². The fourth-order valence-corrected chi connectivity index (χ4v) is 5.70. The number of cyclic esters (lactones) is 1. The Morgan fingerprint density at radius 2 is 1.83 bits per heavy atom. The number of halogens is 1. The second-order valence-corrected chi connectivity index (χ2v) is 12.8. The van der Waals surface area contributed by atoms with Gasteiger partial charge in [-0.3, -0.25) is 24.2 Å². The van der Waals surface area contributed by atoms with Crippen LogP contribution in [0.2, 0.25) is 0 Å². The molecule has 2 aromatic rings. The van der Waals surface area contributed by atoms with Gasteiger partial charge in [-0.1, -0.05) is 51.1 Å². The second-order valence-electron chi connectivity index (χ2n) is 12.8. The van der Waals surface area contributed by atoms with Crippen LogP contribution in [0, 0.1) is 11.3 Å². The van der Waals surface area contributed by atoms with Crippen LogP contribution in [-0.2, 0) is 33.4 Å². The lowest BCUT2D eigenvalue weighted by Gasteiger charge is -2.42. The lowest BCUT2D eigenvalue weighted by atomic mass is 9.87. The number of amides is 3.